The van der Waals surface area contributed by atoms with Gasteiger partial charge in [-0.2, -0.15) is 0 Å². The van der Waals surface area contributed by atoms with Crippen molar-refractivity contribution in [3.63, 3.8) is 0 Å². The van der Waals surface area contributed by atoms with Crippen molar-refractivity contribution < 1.29 is 4.74 Å². The molecule has 0 aliphatic rings. The van der Waals surface area contributed by atoms with Crippen LogP contribution in [0.3, 0.4) is 0 Å². The fraction of sp³-hybridized carbons (Fsp3) is 0.455. The summed E-state index contributed by atoms with van der Waals surface area (Å²) in [4.78, 5) is 1.24. The molecule has 0 aliphatic heterocycles. The van der Waals surface area contributed by atoms with E-state index in [9.17, 15) is 0 Å². The number of benzene rings is 1. The van der Waals surface area contributed by atoms with Crippen LogP contribution >= 0.6 is 11.8 Å². The molecule has 78 valence electrons. The summed E-state index contributed by atoms with van der Waals surface area (Å²) in [6.45, 7) is 2.91. The summed E-state index contributed by atoms with van der Waals surface area (Å²) in [5, 5.41) is 0. The minimum Gasteiger partial charge on any atom is -0.497 e. The second kappa shape index (κ2) is 5.94. The first-order valence-electron chi connectivity index (χ1n) is 4.73. The third-order valence-electron chi connectivity index (χ3n) is 1.98. The molecular weight excluding hydrogens is 194 g/mol. The van der Waals surface area contributed by atoms with Crippen LogP contribution in [0.1, 0.15) is 6.92 Å². The van der Waals surface area contributed by atoms with E-state index in [2.05, 4.69) is 13.0 Å². The van der Waals surface area contributed by atoms with E-state index in [4.69, 9.17) is 10.5 Å². The predicted octanol–water partition coefficient (Wildman–Crippen LogP) is 2.38. The third kappa shape index (κ3) is 3.60. The Morgan fingerprint density at radius 3 is 2.93 bits per heavy atom. The minimum absolute atomic E-state index is 0.561. The Kier molecular flexibility index (Phi) is 4.84. The molecule has 0 aliphatic carbocycles. The van der Waals surface area contributed by atoms with Gasteiger partial charge in [-0.05, 0) is 30.7 Å². The lowest BCUT2D eigenvalue weighted by Gasteiger charge is -2.08. The maximum atomic E-state index is 5.55. The zero-order chi connectivity index (χ0) is 10.4. The maximum absolute atomic E-state index is 5.55. The number of hydrogen-bond acceptors (Lipinski definition) is 3. The monoisotopic (exact) mass is 211 g/mol. The SMILES string of the molecule is COc1cccc(SCC(C)CN)c1. The largest absolute Gasteiger partial charge is 0.497 e. The molecule has 3 heteroatoms. The van der Waals surface area contributed by atoms with Crippen LogP contribution in [-0.4, -0.2) is 19.4 Å². The molecule has 1 atom stereocenters. The summed E-state index contributed by atoms with van der Waals surface area (Å²) in [5.74, 6) is 2.53. The van der Waals surface area contributed by atoms with Crippen LogP contribution in [0.15, 0.2) is 29.2 Å². The summed E-state index contributed by atoms with van der Waals surface area (Å²) in [6, 6.07) is 8.11. The molecule has 0 spiro atoms. The Bertz CT molecular complexity index is 278. The van der Waals surface area contributed by atoms with Crippen molar-refractivity contribution in [2.45, 2.75) is 11.8 Å². The average molecular weight is 211 g/mol. The highest BCUT2D eigenvalue weighted by molar-refractivity contribution is 7.99. The Morgan fingerprint density at radius 2 is 2.29 bits per heavy atom. The Labute approximate surface area is 89.8 Å². The predicted molar refractivity (Wildman–Crippen MR) is 61.9 cm³/mol. The number of ether oxygens (including phenoxy) is 1. The molecule has 1 aromatic carbocycles. The summed E-state index contributed by atoms with van der Waals surface area (Å²) in [7, 11) is 1.69. The van der Waals surface area contributed by atoms with Crippen molar-refractivity contribution in [2.75, 3.05) is 19.4 Å². The highest BCUT2D eigenvalue weighted by Gasteiger charge is 2.01. The lowest BCUT2D eigenvalue weighted by molar-refractivity contribution is 0.413. The molecule has 1 unspecified atom stereocenters. The van der Waals surface area contributed by atoms with Gasteiger partial charge >= 0.3 is 0 Å². The van der Waals surface area contributed by atoms with Gasteiger partial charge in [0.15, 0.2) is 0 Å². The van der Waals surface area contributed by atoms with E-state index in [1.807, 2.05) is 30.0 Å². The normalized spacial score (nSPS) is 12.5. The summed E-state index contributed by atoms with van der Waals surface area (Å²) in [5.41, 5.74) is 5.55. The zero-order valence-corrected chi connectivity index (χ0v) is 9.51. The Hall–Kier alpha value is -0.670. The second-order valence-electron chi connectivity index (χ2n) is 3.33. The van der Waals surface area contributed by atoms with Crippen molar-refractivity contribution in [1.29, 1.82) is 0 Å². The summed E-state index contributed by atoms with van der Waals surface area (Å²) >= 11 is 1.82. The third-order valence-corrected chi connectivity index (χ3v) is 3.30. The molecule has 0 amide bonds. The molecule has 0 aromatic heterocycles. The van der Waals surface area contributed by atoms with E-state index < -0.39 is 0 Å². The molecule has 0 bridgehead atoms. The van der Waals surface area contributed by atoms with Crippen molar-refractivity contribution in [1.82, 2.24) is 0 Å². The van der Waals surface area contributed by atoms with Gasteiger partial charge in [0.05, 0.1) is 7.11 Å². The van der Waals surface area contributed by atoms with E-state index in [1.165, 1.54) is 4.90 Å². The molecule has 2 nitrogen and oxygen atoms in total. The van der Waals surface area contributed by atoms with Gasteiger partial charge in [0.1, 0.15) is 5.75 Å². The fourth-order valence-electron chi connectivity index (χ4n) is 0.997. The van der Waals surface area contributed by atoms with Gasteiger partial charge in [0.2, 0.25) is 0 Å². The van der Waals surface area contributed by atoms with Gasteiger partial charge in [0, 0.05) is 10.6 Å². The quantitative estimate of drug-likeness (QED) is 0.759. The van der Waals surface area contributed by atoms with Crippen LogP contribution in [0.4, 0.5) is 0 Å². The topological polar surface area (TPSA) is 35.2 Å². The molecule has 1 rings (SSSR count). The highest BCUT2D eigenvalue weighted by atomic mass is 32.2. The van der Waals surface area contributed by atoms with E-state index >= 15 is 0 Å². The van der Waals surface area contributed by atoms with E-state index in [1.54, 1.807) is 7.11 Å². The van der Waals surface area contributed by atoms with Gasteiger partial charge in [-0.15, -0.1) is 11.8 Å². The minimum atomic E-state index is 0.561. The van der Waals surface area contributed by atoms with Crippen molar-refractivity contribution in [3.8, 4) is 5.75 Å². The van der Waals surface area contributed by atoms with E-state index in [0.29, 0.717) is 5.92 Å². The maximum Gasteiger partial charge on any atom is 0.119 e. The number of methoxy groups -OCH3 is 1. The van der Waals surface area contributed by atoms with Crippen molar-refractivity contribution in [3.05, 3.63) is 24.3 Å². The molecule has 0 fully saturated rings. The first-order chi connectivity index (χ1) is 6.76. The van der Waals surface area contributed by atoms with Crippen LogP contribution in [0, 0.1) is 5.92 Å². The summed E-state index contributed by atoms with van der Waals surface area (Å²) in [6.07, 6.45) is 0. The second-order valence-corrected chi connectivity index (χ2v) is 4.42. The first-order valence-corrected chi connectivity index (χ1v) is 5.71. The van der Waals surface area contributed by atoms with E-state index in [0.717, 1.165) is 18.0 Å². The molecular formula is C11H17NOS. The highest BCUT2D eigenvalue weighted by Crippen LogP contribution is 2.24. The Morgan fingerprint density at radius 1 is 1.50 bits per heavy atom. The first kappa shape index (κ1) is 11.4. The fourth-order valence-corrected chi connectivity index (χ4v) is 1.98. The van der Waals surface area contributed by atoms with Gasteiger partial charge in [0.25, 0.3) is 0 Å². The molecule has 2 N–H and O–H groups in total. The van der Waals surface area contributed by atoms with Crippen LogP contribution < -0.4 is 10.5 Å². The van der Waals surface area contributed by atoms with Crippen LogP contribution in [0.5, 0.6) is 5.75 Å². The van der Waals surface area contributed by atoms with Crippen LogP contribution in [-0.2, 0) is 0 Å². The number of thioether (sulfide) groups is 1. The lowest BCUT2D eigenvalue weighted by atomic mass is 10.2. The molecule has 0 heterocycles. The standard InChI is InChI=1S/C11H17NOS/c1-9(7-12)8-14-11-5-3-4-10(6-11)13-2/h3-6,9H,7-8,12H2,1-2H3. The number of rotatable bonds is 5. The van der Waals surface area contributed by atoms with Gasteiger partial charge in [-0.3, -0.25) is 0 Å². The van der Waals surface area contributed by atoms with Crippen molar-refractivity contribution in [2.24, 2.45) is 11.7 Å². The number of hydrogen-bond donors (Lipinski definition) is 1. The van der Waals surface area contributed by atoms with Gasteiger partial charge in [-0.25, -0.2) is 0 Å². The average Bonchev–Trinajstić information content (AvgIpc) is 2.26. The van der Waals surface area contributed by atoms with Crippen molar-refractivity contribution >= 4 is 11.8 Å². The molecule has 14 heavy (non-hydrogen) atoms. The van der Waals surface area contributed by atoms with Gasteiger partial charge in [-0.1, -0.05) is 13.0 Å². The number of nitrogens with two attached hydrogens (primary N) is 1. The van der Waals surface area contributed by atoms with Gasteiger partial charge < -0.3 is 10.5 Å². The van der Waals surface area contributed by atoms with Crippen LogP contribution in [0.2, 0.25) is 0 Å². The molecule has 0 radical (unpaired) electrons. The molecule has 0 saturated heterocycles. The molecule has 1 aromatic rings. The smallest absolute Gasteiger partial charge is 0.119 e. The van der Waals surface area contributed by atoms with Crippen LogP contribution in [0.25, 0.3) is 0 Å². The zero-order valence-electron chi connectivity index (χ0n) is 8.69. The Balaban J connectivity index is 2.50. The summed E-state index contributed by atoms with van der Waals surface area (Å²) < 4.78 is 5.15. The molecule has 0 saturated carbocycles. The van der Waals surface area contributed by atoms with E-state index in [-0.39, 0.29) is 0 Å². The lowest BCUT2D eigenvalue weighted by Crippen LogP contribution is -2.12.